The number of hydrogen-bond donors (Lipinski definition) is 2. The highest BCUT2D eigenvalue weighted by Gasteiger charge is 2.49. The first-order chi connectivity index (χ1) is 17.6. The number of nitrogens with zero attached hydrogens (tertiary/aromatic N) is 3. The van der Waals surface area contributed by atoms with Crippen molar-refractivity contribution in [1.29, 1.82) is 0 Å². The monoisotopic (exact) mass is 484 g/mol. The van der Waals surface area contributed by atoms with Crippen molar-refractivity contribution in [3.63, 3.8) is 0 Å². The maximum absolute atomic E-state index is 13.2. The average molecular weight is 485 g/mol. The number of rotatable bonds is 3. The number of carbonyl (C=O) groups is 1. The third-order valence-corrected chi connectivity index (χ3v) is 7.05. The largest absolute Gasteiger partial charge is 0.395 e. The normalized spacial score (nSPS) is 21.7. The fourth-order valence-corrected chi connectivity index (χ4v) is 5.22. The minimum absolute atomic E-state index is 0.0283. The minimum atomic E-state index is -0.337. The number of hydrogen-bond acceptors (Lipinski definition) is 4. The molecule has 3 heterocycles. The number of carbonyl (C=O) groups excluding carboxylic acids is 1. The summed E-state index contributed by atoms with van der Waals surface area (Å²) in [5.41, 5.74) is 3.34. The maximum atomic E-state index is 13.2. The molecule has 0 spiro atoms. The van der Waals surface area contributed by atoms with Crippen molar-refractivity contribution in [2.24, 2.45) is 0 Å². The standard InChI is InChI=1S/C29H29FN4O2/c30-23-11-14-25(15-12-23)32-29(36)33-17-3-4-18-34-26(19-33)28(27(34)20-35)22-9-6-21(7-10-22)8-13-24-5-1-2-16-31-24/h1-2,5-7,9-12,14-16,26-28,35H,3-4,17-20H2,(H,32,36)/t26-,27-,28-/m1/s1. The van der Waals surface area contributed by atoms with Gasteiger partial charge < -0.3 is 15.3 Å². The lowest BCUT2D eigenvalue weighted by Crippen LogP contribution is -2.68. The highest BCUT2D eigenvalue weighted by molar-refractivity contribution is 5.89. The average Bonchev–Trinajstić information content (AvgIpc) is 2.89. The predicted octanol–water partition coefficient (Wildman–Crippen LogP) is 4.08. The number of aromatic nitrogens is 1. The highest BCUT2D eigenvalue weighted by atomic mass is 19.1. The maximum Gasteiger partial charge on any atom is 0.321 e. The molecule has 3 aromatic rings. The van der Waals surface area contributed by atoms with Crippen LogP contribution in [-0.2, 0) is 0 Å². The van der Waals surface area contributed by atoms with Crippen molar-refractivity contribution in [2.45, 2.75) is 30.8 Å². The first-order valence-corrected chi connectivity index (χ1v) is 12.3. The molecule has 2 fully saturated rings. The zero-order chi connectivity index (χ0) is 24.9. The predicted molar refractivity (Wildman–Crippen MR) is 137 cm³/mol. The van der Waals surface area contributed by atoms with Gasteiger partial charge in [0, 0.05) is 48.5 Å². The van der Waals surface area contributed by atoms with Gasteiger partial charge in [-0.2, -0.15) is 0 Å². The van der Waals surface area contributed by atoms with Crippen molar-refractivity contribution in [2.75, 3.05) is 31.6 Å². The Labute approximate surface area is 210 Å². The Balaban J connectivity index is 1.31. The molecule has 36 heavy (non-hydrogen) atoms. The summed E-state index contributed by atoms with van der Waals surface area (Å²) >= 11 is 0. The van der Waals surface area contributed by atoms with Gasteiger partial charge >= 0.3 is 6.03 Å². The van der Waals surface area contributed by atoms with E-state index in [1.165, 1.54) is 12.1 Å². The Kier molecular flexibility index (Phi) is 7.26. The Morgan fingerprint density at radius 3 is 2.53 bits per heavy atom. The summed E-state index contributed by atoms with van der Waals surface area (Å²) in [6, 6.07) is 19.6. The first-order valence-electron chi connectivity index (χ1n) is 12.3. The van der Waals surface area contributed by atoms with Crippen LogP contribution in [0.25, 0.3) is 0 Å². The molecule has 7 heteroatoms. The van der Waals surface area contributed by atoms with Gasteiger partial charge in [-0.25, -0.2) is 14.2 Å². The van der Waals surface area contributed by atoms with E-state index >= 15 is 0 Å². The van der Waals surface area contributed by atoms with Gasteiger partial charge in [0.15, 0.2) is 0 Å². The smallest absolute Gasteiger partial charge is 0.321 e. The number of benzene rings is 2. The Bertz CT molecular complexity index is 1240. The van der Waals surface area contributed by atoms with Gasteiger partial charge in [0.1, 0.15) is 11.5 Å². The van der Waals surface area contributed by atoms with E-state index in [0.717, 1.165) is 36.2 Å². The lowest BCUT2D eigenvalue weighted by Gasteiger charge is -2.57. The van der Waals surface area contributed by atoms with Gasteiger partial charge in [0.05, 0.1) is 6.61 Å². The lowest BCUT2D eigenvalue weighted by molar-refractivity contribution is -0.0585. The van der Waals surface area contributed by atoms with Crippen LogP contribution in [0.5, 0.6) is 0 Å². The molecule has 6 nitrogen and oxygen atoms in total. The number of aliphatic hydroxyl groups excluding tert-OH is 1. The highest BCUT2D eigenvalue weighted by Crippen LogP contribution is 2.42. The summed E-state index contributed by atoms with van der Waals surface area (Å²) in [4.78, 5) is 21.5. The molecule has 2 aliphatic rings. The number of fused-ring (bicyclic) bond motifs is 1. The minimum Gasteiger partial charge on any atom is -0.395 e. The second-order valence-electron chi connectivity index (χ2n) is 9.26. The van der Waals surface area contributed by atoms with E-state index in [-0.39, 0.29) is 36.5 Å². The third kappa shape index (κ3) is 5.25. The summed E-state index contributed by atoms with van der Waals surface area (Å²) < 4.78 is 13.2. The molecule has 184 valence electrons. The molecule has 2 saturated heterocycles. The van der Waals surface area contributed by atoms with Crippen LogP contribution in [-0.4, -0.2) is 64.2 Å². The van der Waals surface area contributed by atoms with Crippen LogP contribution >= 0.6 is 0 Å². The SMILES string of the molecule is O=C(Nc1ccc(F)cc1)N1CCCCN2[C@H](CO)[C@H](c3ccc(C#Cc4ccccn4)cc3)[C@H]2C1. The molecule has 0 saturated carbocycles. The van der Waals surface area contributed by atoms with Crippen LogP contribution in [0, 0.1) is 17.7 Å². The number of pyridine rings is 1. The molecular formula is C29H29FN4O2. The number of anilines is 1. The second-order valence-corrected chi connectivity index (χ2v) is 9.26. The summed E-state index contributed by atoms with van der Waals surface area (Å²) in [6.45, 7) is 2.21. The zero-order valence-corrected chi connectivity index (χ0v) is 20.0. The molecule has 5 rings (SSSR count). The summed E-state index contributed by atoms with van der Waals surface area (Å²) in [6.07, 6.45) is 3.58. The Morgan fingerprint density at radius 1 is 1.03 bits per heavy atom. The van der Waals surface area contributed by atoms with Crippen LogP contribution in [0.3, 0.4) is 0 Å². The number of urea groups is 1. The molecule has 1 aromatic heterocycles. The quantitative estimate of drug-likeness (QED) is 0.550. The fourth-order valence-electron chi connectivity index (χ4n) is 5.22. The molecule has 0 radical (unpaired) electrons. The van der Waals surface area contributed by atoms with Gasteiger partial charge in [0.2, 0.25) is 0 Å². The van der Waals surface area contributed by atoms with Crippen molar-refractivity contribution < 1.29 is 14.3 Å². The topological polar surface area (TPSA) is 68.7 Å². The van der Waals surface area contributed by atoms with E-state index in [0.29, 0.717) is 18.8 Å². The van der Waals surface area contributed by atoms with Crippen LogP contribution in [0.4, 0.5) is 14.9 Å². The summed E-state index contributed by atoms with van der Waals surface area (Å²) in [5, 5.41) is 13.1. The third-order valence-electron chi connectivity index (χ3n) is 7.05. The fraction of sp³-hybridized carbons (Fsp3) is 0.310. The number of nitrogens with one attached hydrogen (secondary N) is 1. The van der Waals surface area contributed by atoms with Crippen LogP contribution in [0.15, 0.2) is 72.9 Å². The number of amides is 2. The molecule has 0 unspecified atom stereocenters. The van der Waals surface area contributed by atoms with Crippen LogP contribution in [0.2, 0.25) is 0 Å². The van der Waals surface area contributed by atoms with Gasteiger partial charge in [-0.3, -0.25) is 4.90 Å². The van der Waals surface area contributed by atoms with Gasteiger partial charge in [-0.05, 0) is 79.4 Å². The molecule has 2 amide bonds. The Hall–Kier alpha value is -3.73. The van der Waals surface area contributed by atoms with Crippen molar-refractivity contribution >= 4 is 11.7 Å². The summed E-state index contributed by atoms with van der Waals surface area (Å²) in [5.74, 6) is 6.01. The number of halogens is 1. The van der Waals surface area contributed by atoms with Crippen LogP contribution < -0.4 is 5.32 Å². The number of aliphatic hydroxyl groups is 1. The van der Waals surface area contributed by atoms with E-state index in [2.05, 4.69) is 39.2 Å². The molecule has 2 aliphatic heterocycles. The van der Waals surface area contributed by atoms with Crippen LogP contribution in [0.1, 0.15) is 35.6 Å². The summed E-state index contributed by atoms with van der Waals surface area (Å²) in [7, 11) is 0. The van der Waals surface area contributed by atoms with Crippen molar-refractivity contribution in [3.05, 3.63) is 95.6 Å². The first kappa shape index (κ1) is 24.0. The van der Waals surface area contributed by atoms with Gasteiger partial charge in [-0.15, -0.1) is 0 Å². The molecular weight excluding hydrogens is 455 g/mol. The van der Waals surface area contributed by atoms with E-state index in [4.69, 9.17) is 0 Å². The lowest BCUT2D eigenvalue weighted by atomic mass is 9.74. The van der Waals surface area contributed by atoms with E-state index < -0.39 is 0 Å². The molecule has 0 aliphatic carbocycles. The molecule has 2 N–H and O–H groups in total. The Morgan fingerprint density at radius 2 is 1.81 bits per heavy atom. The van der Waals surface area contributed by atoms with E-state index in [1.807, 2.05) is 35.2 Å². The zero-order valence-electron chi connectivity index (χ0n) is 20.0. The van der Waals surface area contributed by atoms with E-state index in [9.17, 15) is 14.3 Å². The van der Waals surface area contributed by atoms with Crippen molar-refractivity contribution in [1.82, 2.24) is 14.8 Å². The van der Waals surface area contributed by atoms with Gasteiger partial charge in [0.25, 0.3) is 0 Å². The van der Waals surface area contributed by atoms with Gasteiger partial charge in [-0.1, -0.05) is 24.1 Å². The molecule has 2 aromatic carbocycles. The molecule has 3 atom stereocenters. The van der Waals surface area contributed by atoms with E-state index in [1.54, 1.807) is 18.3 Å². The molecule has 0 bridgehead atoms. The van der Waals surface area contributed by atoms with Crippen molar-refractivity contribution in [3.8, 4) is 11.8 Å². The second kappa shape index (κ2) is 10.9.